The zero-order chi connectivity index (χ0) is 12.7. The number of ether oxygens (including phenoxy) is 2. The molecule has 0 aromatic rings. The lowest BCUT2D eigenvalue weighted by molar-refractivity contribution is -0.157. The number of carbonyl (C=O) groups excluding carboxylic acids is 1. The first kappa shape index (κ1) is 14.5. The van der Waals surface area contributed by atoms with Crippen LogP contribution in [0.15, 0.2) is 0 Å². The molecular formula is C13H24O4. The van der Waals surface area contributed by atoms with E-state index in [1.807, 2.05) is 0 Å². The molecule has 1 unspecified atom stereocenters. The highest BCUT2D eigenvalue weighted by Crippen LogP contribution is 2.24. The Kier molecular flexibility index (Phi) is 6.52. The van der Waals surface area contributed by atoms with E-state index in [-0.39, 0.29) is 6.10 Å². The number of aliphatic hydroxyl groups is 1. The van der Waals surface area contributed by atoms with Crippen LogP contribution < -0.4 is 0 Å². The molecule has 0 radical (unpaired) electrons. The summed E-state index contributed by atoms with van der Waals surface area (Å²) in [4.78, 5) is 11.3. The Morgan fingerprint density at radius 2 is 2.12 bits per heavy atom. The summed E-state index contributed by atoms with van der Waals surface area (Å²) in [5.41, 5.74) is 0. The Labute approximate surface area is 103 Å². The number of hydrogen-bond acceptors (Lipinski definition) is 4. The fourth-order valence-electron chi connectivity index (χ4n) is 2.27. The van der Waals surface area contributed by atoms with Crippen LogP contribution in [0, 0.1) is 0 Å². The van der Waals surface area contributed by atoms with Crippen LogP contribution in [-0.2, 0) is 14.3 Å². The van der Waals surface area contributed by atoms with Gasteiger partial charge in [-0.25, -0.2) is 4.79 Å². The zero-order valence-corrected chi connectivity index (χ0v) is 10.9. The summed E-state index contributed by atoms with van der Waals surface area (Å²) < 4.78 is 10.6. The molecule has 4 nitrogen and oxygen atoms in total. The Hall–Kier alpha value is -0.610. The fraction of sp³-hybridized carbons (Fsp3) is 0.923. The molecule has 0 aromatic carbocycles. The minimum Gasteiger partial charge on any atom is -0.464 e. The third-order valence-corrected chi connectivity index (χ3v) is 3.09. The van der Waals surface area contributed by atoms with Gasteiger partial charge in [0.15, 0.2) is 6.10 Å². The van der Waals surface area contributed by atoms with Crippen LogP contribution in [0.3, 0.4) is 0 Å². The summed E-state index contributed by atoms with van der Waals surface area (Å²) in [6, 6.07) is 0. The number of rotatable bonds is 6. The molecule has 0 bridgehead atoms. The van der Waals surface area contributed by atoms with Crippen molar-refractivity contribution >= 4 is 5.97 Å². The summed E-state index contributed by atoms with van der Waals surface area (Å²) in [6.45, 7) is 4.18. The second-order valence-electron chi connectivity index (χ2n) is 4.60. The van der Waals surface area contributed by atoms with Crippen molar-refractivity contribution in [3.63, 3.8) is 0 Å². The van der Waals surface area contributed by atoms with E-state index in [0.29, 0.717) is 19.1 Å². The topological polar surface area (TPSA) is 55.8 Å². The molecule has 3 atom stereocenters. The van der Waals surface area contributed by atoms with E-state index in [0.717, 1.165) is 32.1 Å². The zero-order valence-electron chi connectivity index (χ0n) is 10.9. The molecule has 1 saturated heterocycles. The molecule has 1 heterocycles. The van der Waals surface area contributed by atoms with Crippen LogP contribution in [0.4, 0.5) is 0 Å². The van der Waals surface area contributed by atoms with Gasteiger partial charge in [0.1, 0.15) is 0 Å². The van der Waals surface area contributed by atoms with E-state index in [9.17, 15) is 9.90 Å². The number of carbonyl (C=O) groups is 1. The lowest BCUT2D eigenvalue weighted by Gasteiger charge is -2.30. The molecule has 100 valence electrons. The molecule has 0 spiro atoms. The minimum absolute atomic E-state index is 0.000272. The van der Waals surface area contributed by atoms with Crippen molar-refractivity contribution in [3.8, 4) is 0 Å². The first-order chi connectivity index (χ1) is 8.17. The quantitative estimate of drug-likeness (QED) is 0.726. The molecular weight excluding hydrogens is 220 g/mol. The highest BCUT2D eigenvalue weighted by atomic mass is 16.5. The lowest BCUT2D eigenvalue weighted by Crippen LogP contribution is -2.34. The maximum Gasteiger partial charge on any atom is 0.335 e. The number of esters is 1. The van der Waals surface area contributed by atoms with Gasteiger partial charge in [-0.2, -0.15) is 0 Å². The smallest absolute Gasteiger partial charge is 0.335 e. The number of aliphatic hydroxyl groups excluding tert-OH is 1. The van der Waals surface area contributed by atoms with Gasteiger partial charge in [-0.15, -0.1) is 0 Å². The Morgan fingerprint density at radius 1 is 1.41 bits per heavy atom. The standard InChI is InChI=1S/C13H24O4/c1-3-6-10-7-5-8-11(17-10)9-12(14)13(15)16-4-2/h10-12,14H,3-9H2,1-2H3/t10-,11-,12?/m0/s1. The van der Waals surface area contributed by atoms with Gasteiger partial charge < -0.3 is 14.6 Å². The molecule has 1 N–H and O–H groups in total. The van der Waals surface area contributed by atoms with E-state index < -0.39 is 12.1 Å². The Bertz CT molecular complexity index is 227. The molecule has 0 aliphatic carbocycles. The first-order valence-electron chi connectivity index (χ1n) is 6.67. The van der Waals surface area contributed by atoms with Crippen molar-refractivity contribution in [3.05, 3.63) is 0 Å². The highest BCUT2D eigenvalue weighted by molar-refractivity contribution is 5.74. The maximum atomic E-state index is 11.3. The van der Waals surface area contributed by atoms with Gasteiger partial charge in [-0.3, -0.25) is 0 Å². The molecule has 1 aliphatic heterocycles. The van der Waals surface area contributed by atoms with E-state index in [2.05, 4.69) is 6.92 Å². The first-order valence-corrected chi connectivity index (χ1v) is 6.67. The van der Waals surface area contributed by atoms with Crippen LogP contribution in [-0.4, -0.2) is 36.0 Å². The largest absolute Gasteiger partial charge is 0.464 e. The van der Waals surface area contributed by atoms with Crippen LogP contribution in [0.2, 0.25) is 0 Å². The normalized spacial score (nSPS) is 26.5. The summed E-state index contributed by atoms with van der Waals surface area (Å²) in [5, 5.41) is 9.66. The molecule has 0 amide bonds. The number of hydrogen-bond donors (Lipinski definition) is 1. The molecule has 4 heteroatoms. The predicted octanol–water partition coefficient (Wildman–Crippen LogP) is 2.04. The third-order valence-electron chi connectivity index (χ3n) is 3.09. The van der Waals surface area contributed by atoms with Crippen LogP contribution in [0.25, 0.3) is 0 Å². The van der Waals surface area contributed by atoms with Gasteiger partial charge in [0.05, 0.1) is 18.8 Å². The SMILES string of the molecule is CCC[C@H]1CCC[C@@H](CC(O)C(=O)OCC)O1. The molecule has 0 aromatic heterocycles. The van der Waals surface area contributed by atoms with Crippen LogP contribution >= 0.6 is 0 Å². The molecule has 17 heavy (non-hydrogen) atoms. The van der Waals surface area contributed by atoms with Crippen LogP contribution in [0.5, 0.6) is 0 Å². The van der Waals surface area contributed by atoms with E-state index in [1.165, 1.54) is 0 Å². The highest BCUT2D eigenvalue weighted by Gasteiger charge is 2.27. The van der Waals surface area contributed by atoms with Gasteiger partial charge in [-0.05, 0) is 32.6 Å². The van der Waals surface area contributed by atoms with Gasteiger partial charge in [0, 0.05) is 6.42 Å². The van der Waals surface area contributed by atoms with Gasteiger partial charge in [-0.1, -0.05) is 13.3 Å². The molecule has 1 rings (SSSR count). The van der Waals surface area contributed by atoms with Crippen molar-refractivity contribution in [2.45, 2.75) is 70.7 Å². The van der Waals surface area contributed by atoms with Crippen molar-refractivity contribution in [2.75, 3.05) is 6.61 Å². The third kappa shape index (κ3) is 5.04. The fourth-order valence-corrected chi connectivity index (χ4v) is 2.27. The van der Waals surface area contributed by atoms with Crippen molar-refractivity contribution in [2.24, 2.45) is 0 Å². The monoisotopic (exact) mass is 244 g/mol. The maximum absolute atomic E-state index is 11.3. The van der Waals surface area contributed by atoms with Gasteiger partial charge >= 0.3 is 5.97 Å². The average molecular weight is 244 g/mol. The molecule has 1 aliphatic rings. The van der Waals surface area contributed by atoms with E-state index in [4.69, 9.17) is 9.47 Å². The van der Waals surface area contributed by atoms with E-state index >= 15 is 0 Å². The predicted molar refractivity (Wildman–Crippen MR) is 64.7 cm³/mol. The second-order valence-corrected chi connectivity index (χ2v) is 4.60. The van der Waals surface area contributed by atoms with Gasteiger partial charge in [0.25, 0.3) is 0 Å². The second kappa shape index (κ2) is 7.67. The lowest BCUT2D eigenvalue weighted by atomic mass is 9.98. The Morgan fingerprint density at radius 3 is 2.76 bits per heavy atom. The van der Waals surface area contributed by atoms with Crippen LogP contribution in [0.1, 0.15) is 52.4 Å². The van der Waals surface area contributed by atoms with Gasteiger partial charge in [0.2, 0.25) is 0 Å². The van der Waals surface area contributed by atoms with Crippen molar-refractivity contribution < 1.29 is 19.4 Å². The summed E-state index contributed by atoms with van der Waals surface area (Å²) in [6.07, 6.45) is 4.93. The summed E-state index contributed by atoms with van der Waals surface area (Å²) in [5.74, 6) is -0.534. The molecule has 1 fully saturated rings. The summed E-state index contributed by atoms with van der Waals surface area (Å²) >= 11 is 0. The van der Waals surface area contributed by atoms with Crippen molar-refractivity contribution in [1.29, 1.82) is 0 Å². The molecule has 0 saturated carbocycles. The minimum atomic E-state index is -1.04. The Balaban J connectivity index is 2.32. The summed E-state index contributed by atoms with van der Waals surface area (Å²) in [7, 11) is 0. The van der Waals surface area contributed by atoms with Crippen molar-refractivity contribution in [1.82, 2.24) is 0 Å². The van der Waals surface area contributed by atoms with E-state index in [1.54, 1.807) is 6.92 Å². The average Bonchev–Trinajstić information content (AvgIpc) is 2.30.